The zero-order valence-corrected chi connectivity index (χ0v) is 15.2. The van der Waals surface area contributed by atoms with E-state index in [1.54, 1.807) is 0 Å². The number of hydrogen-bond acceptors (Lipinski definition) is 5. The van der Waals surface area contributed by atoms with E-state index in [1.807, 2.05) is 35.2 Å². The lowest BCUT2D eigenvalue weighted by Gasteiger charge is -2.27. The monoisotopic (exact) mass is 372 g/mol. The van der Waals surface area contributed by atoms with Crippen molar-refractivity contribution in [2.75, 3.05) is 31.2 Å². The average molecular weight is 373 g/mol. The van der Waals surface area contributed by atoms with E-state index >= 15 is 0 Å². The van der Waals surface area contributed by atoms with Gasteiger partial charge in [-0.25, -0.2) is 9.97 Å². The molecule has 2 aliphatic rings. The van der Waals surface area contributed by atoms with Gasteiger partial charge in [0.1, 0.15) is 0 Å². The van der Waals surface area contributed by atoms with E-state index in [4.69, 9.17) is 16.3 Å². The number of aromatic nitrogens is 2. The van der Waals surface area contributed by atoms with E-state index < -0.39 is 0 Å². The van der Waals surface area contributed by atoms with E-state index in [-0.39, 0.29) is 22.7 Å². The number of morpholine rings is 1. The fourth-order valence-corrected chi connectivity index (χ4v) is 3.38. The predicted octanol–water partition coefficient (Wildman–Crippen LogP) is 2.85. The molecule has 1 amide bonds. The lowest BCUT2D eigenvalue weighted by atomic mass is 10.0. The Hall–Kier alpha value is -2.18. The van der Waals surface area contributed by atoms with Gasteiger partial charge in [0, 0.05) is 13.1 Å². The van der Waals surface area contributed by atoms with Crippen LogP contribution in [0.2, 0.25) is 5.02 Å². The van der Waals surface area contributed by atoms with Crippen molar-refractivity contribution in [1.29, 1.82) is 0 Å². The third kappa shape index (κ3) is 3.81. The van der Waals surface area contributed by atoms with Crippen molar-refractivity contribution in [3.63, 3.8) is 0 Å². The number of halogens is 1. The molecular weight excluding hydrogens is 352 g/mol. The highest BCUT2D eigenvalue weighted by Crippen LogP contribution is 2.41. The predicted molar refractivity (Wildman–Crippen MR) is 99.4 cm³/mol. The van der Waals surface area contributed by atoms with E-state index in [1.165, 1.54) is 6.20 Å². The number of rotatable bonds is 5. The van der Waals surface area contributed by atoms with Gasteiger partial charge < -0.3 is 15.0 Å². The van der Waals surface area contributed by atoms with Gasteiger partial charge in [0.15, 0.2) is 5.69 Å². The molecule has 1 atom stereocenters. The molecule has 26 heavy (non-hydrogen) atoms. The third-order valence-corrected chi connectivity index (χ3v) is 5.06. The Morgan fingerprint density at radius 1 is 1.23 bits per heavy atom. The lowest BCUT2D eigenvalue weighted by molar-refractivity contribution is 0.0926. The maximum atomic E-state index is 12.9. The summed E-state index contributed by atoms with van der Waals surface area (Å²) in [6, 6.07) is 10.0. The van der Waals surface area contributed by atoms with Gasteiger partial charge in [-0.05, 0) is 24.3 Å². The second-order valence-corrected chi connectivity index (χ2v) is 7.07. The Balaban J connectivity index is 1.55. The summed E-state index contributed by atoms with van der Waals surface area (Å²) in [5.41, 5.74) is 1.34. The minimum Gasteiger partial charge on any atom is -0.378 e. The Morgan fingerprint density at radius 2 is 1.96 bits per heavy atom. The number of hydrogen-bond donors (Lipinski definition) is 1. The molecule has 1 saturated carbocycles. The van der Waals surface area contributed by atoms with Crippen molar-refractivity contribution in [2.24, 2.45) is 5.92 Å². The summed E-state index contributed by atoms with van der Waals surface area (Å²) in [5.74, 6) is 0.735. The number of carbonyl (C=O) groups excluding carboxylic acids is 1. The molecule has 7 heteroatoms. The molecule has 2 aromatic rings. The van der Waals surface area contributed by atoms with Crippen LogP contribution >= 0.6 is 11.6 Å². The van der Waals surface area contributed by atoms with Gasteiger partial charge in [-0.3, -0.25) is 4.79 Å². The molecule has 1 N–H and O–H groups in total. The second-order valence-electron chi connectivity index (χ2n) is 6.67. The molecular formula is C19H21ClN4O2. The topological polar surface area (TPSA) is 67.4 Å². The summed E-state index contributed by atoms with van der Waals surface area (Å²) in [7, 11) is 0. The molecule has 0 spiro atoms. The van der Waals surface area contributed by atoms with Gasteiger partial charge in [0.05, 0.1) is 30.5 Å². The first-order valence-electron chi connectivity index (χ1n) is 8.93. The van der Waals surface area contributed by atoms with Crippen LogP contribution in [-0.4, -0.2) is 42.2 Å². The number of amides is 1. The number of nitrogens with one attached hydrogen (secondary N) is 1. The number of anilines is 1. The van der Waals surface area contributed by atoms with Gasteiger partial charge in [0.25, 0.3) is 5.91 Å². The zero-order chi connectivity index (χ0) is 17.9. The molecule has 6 nitrogen and oxygen atoms in total. The van der Waals surface area contributed by atoms with Crippen molar-refractivity contribution in [2.45, 2.75) is 18.9 Å². The molecule has 1 aliphatic heterocycles. The SMILES string of the molecule is O=C(NC(c1ccccc1)C1CC1)c1nc(N2CCOCC2)ncc1Cl. The summed E-state index contributed by atoms with van der Waals surface area (Å²) in [6.07, 6.45) is 3.75. The molecule has 1 unspecified atom stereocenters. The number of carbonyl (C=O) groups is 1. The maximum Gasteiger partial charge on any atom is 0.272 e. The Morgan fingerprint density at radius 3 is 2.65 bits per heavy atom. The Labute approximate surface area is 157 Å². The molecule has 1 saturated heterocycles. The minimum atomic E-state index is -0.257. The van der Waals surface area contributed by atoms with Crippen LogP contribution in [0.5, 0.6) is 0 Å². The largest absolute Gasteiger partial charge is 0.378 e. The normalized spacial score (nSPS) is 18.4. The van der Waals surface area contributed by atoms with Crippen LogP contribution in [-0.2, 0) is 4.74 Å². The van der Waals surface area contributed by atoms with Crippen LogP contribution in [0.3, 0.4) is 0 Å². The van der Waals surface area contributed by atoms with Gasteiger partial charge in [0.2, 0.25) is 5.95 Å². The first-order valence-corrected chi connectivity index (χ1v) is 9.31. The Bertz CT molecular complexity index is 776. The fourth-order valence-electron chi connectivity index (χ4n) is 3.21. The van der Waals surface area contributed by atoms with Gasteiger partial charge in [-0.15, -0.1) is 0 Å². The van der Waals surface area contributed by atoms with E-state index in [2.05, 4.69) is 15.3 Å². The first kappa shape index (κ1) is 17.2. The van der Waals surface area contributed by atoms with Crippen LogP contribution in [0.25, 0.3) is 0 Å². The summed E-state index contributed by atoms with van der Waals surface area (Å²) in [4.78, 5) is 23.6. The lowest BCUT2D eigenvalue weighted by Crippen LogP contribution is -2.38. The third-order valence-electron chi connectivity index (χ3n) is 4.78. The van der Waals surface area contributed by atoms with Crippen LogP contribution in [0.1, 0.15) is 34.9 Å². The highest BCUT2D eigenvalue weighted by atomic mass is 35.5. The van der Waals surface area contributed by atoms with Crippen molar-refractivity contribution in [1.82, 2.24) is 15.3 Å². The van der Waals surface area contributed by atoms with Gasteiger partial charge in [-0.2, -0.15) is 0 Å². The molecule has 1 aromatic carbocycles. The van der Waals surface area contributed by atoms with Crippen LogP contribution in [0.15, 0.2) is 36.5 Å². The minimum absolute atomic E-state index is 0.0124. The second kappa shape index (κ2) is 7.60. The summed E-state index contributed by atoms with van der Waals surface area (Å²) >= 11 is 6.23. The first-order chi connectivity index (χ1) is 12.7. The fraction of sp³-hybridized carbons (Fsp3) is 0.421. The van der Waals surface area contributed by atoms with Crippen LogP contribution < -0.4 is 10.2 Å². The van der Waals surface area contributed by atoms with E-state index in [0.29, 0.717) is 38.2 Å². The number of benzene rings is 1. The number of nitrogens with zero attached hydrogens (tertiary/aromatic N) is 3. The Kier molecular flexibility index (Phi) is 5.04. The molecule has 0 radical (unpaired) electrons. The molecule has 1 aromatic heterocycles. The standard InChI is InChI=1S/C19H21ClN4O2/c20-15-12-21-19(24-8-10-26-11-9-24)23-17(15)18(25)22-16(14-6-7-14)13-4-2-1-3-5-13/h1-5,12,14,16H,6-11H2,(H,22,25). The highest BCUT2D eigenvalue weighted by molar-refractivity contribution is 6.33. The van der Waals surface area contributed by atoms with Crippen molar-refractivity contribution >= 4 is 23.5 Å². The molecule has 2 fully saturated rings. The van der Waals surface area contributed by atoms with Crippen LogP contribution in [0, 0.1) is 5.92 Å². The molecule has 2 heterocycles. The molecule has 4 rings (SSSR count). The highest BCUT2D eigenvalue weighted by Gasteiger charge is 2.34. The average Bonchev–Trinajstić information content (AvgIpc) is 3.53. The molecule has 1 aliphatic carbocycles. The van der Waals surface area contributed by atoms with Crippen molar-refractivity contribution in [3.05, 3.63) is 52.8 Å². The smallest absolute Gasteiger partial charge is 0.272 e. The van der Waals surface area contributed by atoms with Crippen molar-refractivity contribution in [3.8, 4) is 0 Å². The van der Waals surface area contributed by atoms with Gasteiger partial charge in [-0.1, -0.05) is 41.9 Å². The quantitative estimate of drug-likeness (QED) is 0.874. The van der Waals surface area contributed by atoms with E-state index in [0.717, 1.165) is 18.4 Å². The van der Waals surface area contributed by atoms with E-state index in [9.17, 15) is 4.79 Å². The van der Waals surface area contributed by atoms with Crippen molar-refractivity contribution < 1.29 is 9.53 Å². The summed E-state index contributed by atoms with van der Waals surface area (Å²) < 4.78 is 5.35. The zero-order valence-electron chi connectivity index (χ0n) is 14.4. The molecule has 0 bridgehead atoms. The summed E-state index contributed by atoms with van der Waals surface area (Å²) in [5, 5.41) is 3.39. The number of ether oxygens (including phenoxy) is 1. The van der Waals surface area contributed by atoms with Crippen LogP contribution in [0.4, 0.5) is 5.95 Å². The maximum absolute atomic E-state index is 12.9. The van der Waals surface area contributed by atoms with Gasteiger partial charge >= 0.3 is 0 Å². The summed E-state index contributed by atoms with van der Waals surface area (Å²) in [6.45, 7) is 2.67. The molecule has 136 valence electrons.